The van der Waals surface area contributed by atoms with Gasteiger partial charge >= 0.3 is 0 Å². The van der Waals surface area contributed by atoms with E-state index in [1.54, 1.807) is 7.11 Å². The highest BCUT2D eigenvalue weighted by Gasteiger charge is 2.13. The molecule has 1 aromatic carbocycles. The number of nitrogens with one attached hydrogen (secondary N) is 1. The summed E-state index contributed by atoms with van der Waals surface area (Å²) in [6.07, 6.45) is 4.65. The number of amides is 1. The summed E-state index contributed by atoms with van der Waals surface area (Å²) in [5, 5.41) is 3.35. The molecule has 0 aliphatic rings. The van der Waals surface area contributed by atoms with Crippen molar-refractivity contribution in [2.75, 3.05) is 19.0 Å². The number of unbranched alkanes of at least 4 members (excludes halogenated alkanes) is 3. The maximum absolute atomic E-state index is 11.2. The summed E-state index contributed by atoms with van der Waals surface area (Å²) in [7, 11) is 1.64. The molecule has 5 nitrogen and oxygen atoms in total. The van der Waals surface area contributed by atoms with Crippen LogP contribution < -0.4 is 14.8 Å². The molecule has 0 saturated carbocycles. The van der Waals surface area contributed by atoms with Crippen molar-refractivity contribution in [1.82, 2.24) is 4.98 Å². The Morgan fingerprint density at radius 2 is 2.04 bits per heavy atom. The second-order valence-electron chi connectivity index (χ2n) is 5.89. The minimum atomic E-state index is -0.119. The van der Waals surface area contributed by atoms with Gasteiger partial charge in [0.05, 0.1) is 24.3 Å². The lowest BCUT2D eigenvalue weighted by molar-refractivity contribution is -0.114. The van der Waals surface area contributed by atoms with Gasteiger partial charge < -0.3 is 14.8 Å². The molecule has 2 rings (SSSR count). The number of aromatic nitrogens is 1. The van der Waals surface area contributed by atoms with E-state index in [2.05, 4.69) is 17.2 Å². The van der Waals surface area contributed by atoms with Crippen LogP contribution in [0.2, 0.25) is 0 Å². The van der Waals surface area contributed by atoms with Crippen molar-refractivity contribution in [1.29, 1.82) is 0 Å². The summed E-state index contributed by atoms with van der Waals surface area (Å²) >= 11 is 1.46. The molecule has 0 radical (unpaired) electrons. The fourth-order valence-electron chi connectivity index (χ4n) is 2.51. The van der Waals surface area contributed by atoms with Gasteiger partial charge in [0.15, 0.2) is 16.6 Å². The van der Waals surface area contributed by atoms with Crippen molar-refractivity contribution in [2.45, 2.75) is 46.5 Å². The van der Waals surface area contributed by atoms with Gasteiger partial charge in [-0.25, -0.2) is 4.98 Å². The van der Waals surface area contributed by atoms with Crippen LogP contribution in [0.3, 0.4) is 0 Å². The van der Waals surface area contributed by atoms with Gasteiger partial charge in [-0.3, -0.25) is 4.79 Å². The number of methoxy groups -OCH3 is 1. The molecule has 0 bridgehead atoms. The zero-order chi connectivity index (χ0) is 18.2. The lowest BCUT2D eigenvalue weighted by Crippen LogP contribution is -2.04. The van der Waals surface area contributed by atoms with Crippen LogP contribution in [0.25, 0.3) is 10.4 Å². The molecule has 1 heterocycles. The number of rotatable bonds is 9. The van der Waals surface area contributed by atoms with Gasteiger partial charge in [0, 0.05) is 6.92 Å². The number of aryl methyl sites for hydroxylation is 1. The Labute approximate surface area is 153 Å². The third-order valence-electron chi connectivity index (χ3n) is 3.76. The van der Waals surface area contributed by atoms with Crippen molar-refractivity contribution in [3.63, 3.8) is 0 Å². The summed E-state index contributed by atoms with van der Waals surface area (Å²) in [6, 6.07) is 5.88. The van der Waals surface area contributed by atoms with Crippen LogP contribution in [0, 0.1) is 6.92 Å². The van der Waals surface area contributed by atoms with E-state index >= 15 is 0 Å². The highest BCUT2D eigenvalue weighted by atomic mass is 32.1. The molecule has 136 valence electrons. The first kappa shape index (κ1) is 19.2. The number of carbonyl (C=O) groups is 1. The summed E-state index contributed by atoms with van der Waals surface area (Å²) in [6.45, 7) is 6.29. The lowest BCUT2D eigenvalue weighted by Gasteiger charge is -2.12. The van der Waals surface area contributed by atoms with E-state index in [1.165, 1.54) is 37.5 Å². The average molecular weight is 362 g/mol. The molecule has 1 N–H and O–H groups in total. The van der Waals surface area contributed by atoms with Crippen molar-refractivity contribution < 1.29 is 14.3 Å². The Balaban J connectivity index is 2.17. The van der Waals surface area contributed by atoms with E-state index < -0.39 is 0 Å². The van der Waals surface area contributed by atoms with Gasteiger partial charge in [-0.2, -0.15) is 0 Å². The standard InChI is InChI=1S/C19H26N2O3S/c1-5-6-7-8-11-24-17-12-15(9-10-16(17)23-4)18-13(2)20-19(25-18)21-14(3)22/h9-10,12H,5-8,11H2,1-4H3,(H,20,21,22). The normalized spacial score (nSPS) is 10.6. The molecule has 2 aromatic rings. The first-order valence-corrected chi connectivity index (χ1v) is 9.43. The summed E-state index contributed by atoms with van der Waals surface area (Å²) in [5.74, 6) is 1.35. The third kappa shape index (κ3) is 5.46. The average Bonchev–Trinajstić information content (AvgIpc) is 2.94. The maximum Gasteiger partial charge on any atom is 0.223 e. The molecule has 0 aliphatic heterocycles. The third-order valence-corrected chi connectivity index (χ3v) is 4.88. The van der Waals surface area contributed by atoms with Gasteiger partial charge in [0.1, 0.15) is 0 Å². The Morgan fingerprint density at radius 1 is 1.24 bits per heavy atom. The van der Waals surface area contributed by atoms with Gasteiger partial charge in [-0.15, -0.1) is 0 Å². The molecule has 0 saturated heterocycles. The Bertz CT molecular complexity index is 713. The van der Waals surface area contributed by atoms with Crippen LogP contribution in [0.5, 0.6) is 11.5 Å². The second kappa shape index (κ2) is 9.42. The Hall–Kier alpha value is -2.08. The summed E-state index contributed by atoms with van der Waals surface area (Å²) < 4.78 is 11.3. The monoisotopic (exact) mass is 362 g/mol. The number of benzene rings is 1. The van der Waals surface area contributed by atoms with Gasteiger partial charge in [0.2, 0.25) is 5.91 Å². The summed E-state index contributed by atoms with van der Waals surface area (Å²) in [5.41, 5.74) is 1.89. The number of ether oxygens (including phenoxy) is 2. The quantitative estimate of drug-likeness (QED) is 0.635. The minimum Gasteiger partial charge on any atom is -0.493 e. The van der Waals surface area contributed by atoms with Crippen LogP contribution >= 0.6 is 11.3 Å². The lowest BCUT2D eigenvalue weighted by atomic mass is 10.1. The first-order valence-electron chi connectivity index (χ1n) is 8.61. The van der Waals surface area contributed by atoms with Crippen LogP contribution in [-0.4, -0.2) is 24.6 Å². The van der Waals surface area contributed by atoms with Crippen LogP contribution in [0.15, 0.2) is 18.2 Å². The highest BCUT2D eigenvalue weighted by molar-refractivity contribution is 7.19. The number of anilines is 1. The fraction of sp³-hybridized carbons (Fsp3) is 0.474. The number of carbonyl (C=O) groups excluding carboxylic acids is 1. The van der Waals surface area contributed by atoms with Crippen molar-refractivity contribution >= 4 is 22.4 Å². The van der Waals surface area contributed by atoms with Gasteiger partial charge in [-0.05, 0) is 37.1 Å². The van der Waals surface area contributed by atoms with Crippen molar-refractivity contribution in [3.05, 3.63) is 23.9 Å². The zero-order valence-corrected chi connectivity index (χ0v) is 16.2. The molecule has 0 aliphatic carbocycles. The number of nitrogens with zero attached hydrogens (tertiary/aromatic N) is 1. The molecular weight excluding hydrogens is 336 g/mol. The molecule has 25 heavy (non-hydrogen) atoms. The Kier molecular flexibility index (Phi) is 7.25. The van der Waals surface area contributed by atoms with E-state index in [0.29, 0.717) is 11.7 Å². The smallest absolute Gasteiger partial charge is 0.223 e. The van der Waals surface area contributed by atoms with E-state index in [9.17, 15) is 4.79 Å². The second-order valence-corrected chi connectivity index (χ2v) is 6.89. The van der Waals surface area contributed by atoms with Crippen LogP contribution in [-0.2, 0) is 4.79 Å². The predicted octanol–water partition coefficient (Wildman–Crippen LogP) is 5.04. The SMILES string of the molecule is CCCCCCOc1cc(-c2sc(NC(C)=O)nc2C)ccc1OC. The minimum absolute atomic E-state index is 0.119. The van der Waals surface area contributed by atoms with Gasteiger partial charge in [0.25, 0.3) is 0 Å². The largest absolute Gasteiger partial charge is 0.493 e. The fourth-order valence-corrected chi connectivity index (χ4v) is 3.52. The van der Waals surface area contributed by atoms with Crippen LogP contribution in [0.1, 0.15) is 45.2 Å². The molecule has 6 heteroatoms. The van der Waals surface area contributed by atoms with Crippen molar-refractivity contribution in [2.24, 2.45) is 0 Å². The number of hydrogen-bond donors (Lipinski definition) is 1. The van der Waals surface area contributed by atoms with E-state index in [1.807, 2.05) is 25.1 Å². The number of thiazole rings is 1. The summed E-state index contributed by atoms with van der Waals surface area (Å²) in [4.78, 5) is 16.6. The Morgan fingerprint density at radius 3 is 2.72 bits per heavy atom. The van der Waals surface area contributed by atoms with E-state index in [-0.39, 0.29) is 5.91 Å². The van der Waals surface area contributed by atoms with E-state index in [4.69, 9.17) is 9.47 Å². The molecule has 0 fully saturated rings. The first-order chi connectivity index (χ1) is 12.0. The van der Waals surface area contributed by atoms with Crippen molar-refractivity contribution in [3.8, 4) is 21.9 Å². The molecule has 0 unspecified atom stereocenters. The maximum atomic E-state index is 11.2. The zero-order valence-electron chi connectivity index (χ0n) is 15.3. The number of hydrogen-bond acceptors (Lipinski definition) is 5. The molecular formula is C19H26N2O3S. The highest BCUT2D eigenvalue weighted by Crippen LogP contribution is 2.38. The van der Waals surface area contributed by atoms with Crippen LogP contribution in [0.4, 0.5) is 5.13 Å². The van der Waals surface area contributed by atoms with E-state index in [0.717, 1.165) is 34.1 Å². The molecule has 0 atom stereocenters. The predicted molar refractivity (Wildman–Crippen MR) is 103 cm³/mol. The van der Waals surface area contributed by atoms with Gasteiger partial charge in [-0.1, -0.05) is 37.5 Å². The molecule has 1 aromatic heterocycles. The molecule has 1 amide bonds. The topological polar surface area (TPSA) is 60.5 Å². The molecule has 0 spiro atoms.